The number of nitrogens with two attached hydrogens (primary N) is 1. The number of fused-ring (bicyclic) bond motifs is 1. The molecule has 4 nitrogen and oxygen atoms in total. The highest BCUT2D eigenvalue weighted by Gasteiger charge is 2.13. The Balaban J connectivity index is 2.04. The van der Waals surface area contributed by atoms with Crippen molar-refractivity contribution in [2.45, 2.75) is 40.0 Å². The molecular weight excluding hydrogens is 236 g/mol. The van der Waals surface area contributed by atoms with Crippen molar-refractivity contribution in [3.63, 3.8) is 0 Å². The number of nitrogens with zero attached hydrogens (tertiary/aromatic N) is 2. The molecule has 3 N–H and O–H groups in total. The maximum Gasteiger partial charge on any atom is 0.177 e. The van der Waals surface area contributed by atoms with Crippen molar-refractivity contribution in [1.82, 2.24) is 15.0 Å². The van der Waals surface area contributed by atoms with E-state index in [4.69, 9.17) is 5.73 Å². The smallest absolute Gasteiger partial charge is 0.177 e. The summed E-state index contributed by atoms with van der Waals surface area (Å²) in [7, 11) is 0. The van der Waals surface area contributed by atoms with Gasteiger partial charge in [0, 0.05) is 12.6 Å². The van der Waals surface area contributed by atoms with Crippen LogP contribution in [0, 0.1) is 18.8 Å². The van der Waals surface area contributed by atoms with Gasteiger partial charge in [-0.05, 0) is 49.8 Å². The van der Waals surface area contributed by atoms with Gasteiger partial charge in [-0.25, -0.2) is 9.97 Å². The van der Waals surface area contributed by atoms with Gasteiger partial charge in [0.25, 0.3) is 0 Å². The number of aromatic amines is 1. The molecule has 2 aromatic rings. The third-order valence-corrected chi connectivity index (χ3v) is 3.76. The topological polar surface area (TPSA) is 67.6 Å². The fourth-order valence-electron chi connectivity index (χ4n) is 2.52. The molecule has 0 bridgehead atoms. The van der Waals surface area contributed by atoms with E-state index in [1.54, 1.807) is 0 Å². The van der Waals surface area contributed by atoms with E-state index in [1.807, 2.05) is 13.1 Å². The summed E-state index contributed by atoms with van der Waals surface area (Å²) in [5.41, 5.74) is 8.70. The molecule has 0 aliphatic rings. The molecule has 0 radical (unpaired) electrons. The maximum absolute atomic E-state index is 5.68. The highest BCUT2D eigenvalue weighted by atomic mass is 15.0. The highest BCUT2D eigenvalue weighted by Crippen LogP contribution is 2.21. The number of H-pyrrole nitrogens is 1. The summed E-state index contributed by atoms with van der Waals surface area (Å²) in [6.45, 7) is 7.35. The van der Waals surface area contributed by atoms with Gasteiger partial charge in [0.1, 0.15) is 5.82 Å². The van der Waals surface area contributed by atoms with Gasteiger partial charge in [-0.3, -0.25) is 0 Å². The highest BCUT2D eigenvalue weighted by molar-refractivity contribution is 5.70. The van der Waals surface area contributed by atoms with Crippen LogP contribution in [0.3, 0.4) is 0 Å². The summed E-state index contributed by atoms with van der Waals surface area (Å²) in [4.78, 5) is 12.3. The fraction of sp³-hybridized carbons (Fsp3) is 0.600. The van der Waals surface area contributed by atoms with Crippen molar-refractivity contribution < 1.29 is 0 Å². The Bertz CT molecular complexity index is 530. The number of hydrogen-bond acceptors (Lipinski definition) is 3. The Morgan fingerprint density at radius 1 is 1.32 bits per heavy atom. The van der Waals surface area contributed by atoms with Crippen molar-refractivity contribution in [3.8, 4) is 0 Å². The molecule has 2 rings (SSSR count). The molecule has 1 atom stereocenters. The van der Waals surface area contributed by atoms with Crippen LogP contribution in [0.1, 0.15) is 38.1 Å². The number of imidazole rings is 1. The maximum atomic E-state index is 5.68. The molecule has 104 valence electrons. The lowest BCUT2D eigenvalue weighted by atomic mass is 9.88. The monoisotopic (exact) mass is 260 g/mol. The zero-order valence-corrected chi connectivity index (χ0v) is 12.1. The summed E-state index contributed by atoms with van der Waals surface area (Å²) in [5, 5.41) is 0. The minimum Gasteiger partial charge on any atom is -0.341 e. The summed E-state index contributed by atoms with van der Waals surface area (Å²) >= 11 is 0. The van der Waals surface area contributed by atoms with Gasteiger partial charge in [-0.1, -0.05) is 13.8 Å². The van der Waals surface area contributed by atoms with Gasteiger partial charge < -0.3 is 10.7 Å². The van der Waals surface area contributed by atoms with Gasteiger partial charge in [-0.2, -0.15) is 0 Å². The van der Waals surface area contributed by atoms with Crippen LogP contribution in [0.2, 0.25) is 0 Å². The standard InChI is InChI=1S/C15H24N4/c1-10(2)12(6-7-16)4-5-14-18-13-8-11(3)9-17-15(13)19-14/h8-10,12H,4-7,16H2,1-3H3,(H,17,18,19). The molecule has 0 spiro atoms. The Kier molecular flexibility index (Phi) is 4.53. The molecule has 0 aromatic carbocycles. The summed E-state index contributed by atoms with van der Waals surface area (Å²) in [6, 6.07) is 2.10. The lowest BCUT2D eigenvalue weighted by Crippen LogP contribution is -2.15. The Hall–Kier alpha value is -1.42. The first-order chi connectivity index (χ1) is 9.10. The Morgan fingerprint density at radius 3 is 2.79 bits per heavy atom. The molecule has 0 aliphatic heterocycles. The first kappa shape index (κ1) is 14.0. The van der Waals surface area contributed by atoms with Crippen LogP contribution in [-0.4, -0.2) is 21.5 Å². The molecule has 0 aliphatic carbocycles. The van der Waals surface area contributed by atoms with Crippen LogP contribution in [0.5, 0.6) is 0 Å². The lowest BCUT2D eigenvalue weighted by Gasteiger charge is -2.19. The van der Waals surface area contributed by atoms with Crippen LogP contribution in [0.25, 0.3) is 11.2 Å². The quantitative estimate of drug-likeness (QED) is 0.839. The van der Waals surface area contributed by atoms with Crippen molar-refractivity contribution in [2.24, 2.45) is 17.6 Å². The Morgan fingerprint density at radius 2 is 2.11 bits per heavy atom. The minimum atomic E-state index is 0.674. The predicted octanol–water partition coefficient (Wildman–Crippen LogP) is 2.82. The summed E-state index contributed by atoms with van der Waals surface area (Å²) in [6.07, 6.45) is 5.06. The average Bonchev–Trinajstić information content (AvgIpc) is 2.75. The average molecular weight is 260 g/mol. The molecule has 0 fully saturated rings. The molecule has 0 saturated heterocycles. The second kappa shape index (κ2) is 6.15. The Labute approximate surface area is 114 Å². The van der Waals surface area contributed by atoms with Crippen molar-refractivity contribution in [2.75, 3.05) is 6.54 Å². The first-order valence-corrected chi connectivity index (χ1v) is 7.11. The number of nitrogens with one attached hydrogen (secondary N) is 1. The van der Waals surface area contributed by atoms with Crippen molar-refractivity contribution in [3.05, 3.63) is 23.7 Å². The van der Waals surface area contributed by atoms with Crippen LogP contribution < -0.4 is 5.73 Å². The number of hydrogen-bond donors (Lipinski definition) is 2. The van der Waals surface area contributed by atoms with E-state index < -0.39 is 0 Å². The fourth-order valence-corrected chi connectivity index (χ4v) is 2.52. The second-order valence-electron chi connectivity index (χ2n) is 5.69. The van der Waals surface area contributed by atoms with E-state index in [2.05, 4.69) is 34.9 Å². The van der Waals surface area contributed by atoms with Gasteiger partial charge in [-0.15, -0.1) is 0 Å². The van der Waals surface area contributed by atoms with Crippen LogP contribution >= 0.6 is 0 Å². The third-order valence-electron chi connectivity index (χ3n) is 3.76. The van der Waals surface area contributed by atoms with E-state index >= 15 is 0 Å². The summed E-state index contributed by atoms with van der Waals surface area (Å²) in [5.74, 6) is 2.39. The van der Waals surface area contributed by atoms with Gasteiger partial charge in [0.05, 0.1) is 5.52 Å². The predicted molar refractivity (Wildman–Crippen MR) is 78.9 cm³/mol. The van der Waals surface area contributed by atoms with Gasteiger partial charge in [0.2, 0.25) is 0 Å². The second-order valence-corrected chi connectivity index (χ2v) is 5.69. The molecule has 2 heterocycles. The zero-order valence-electron chi connectivity index (χ0n) is 12.1. The van der Waals surface area contributed by atoms with E-state index in [1.165, 1.54) is 0 Å². The molecule has 19 heavy (non-hydrogen) atoms. The van der Waals surface area contributed by atoms with E-state index in [0.29, 0.717) is 11.8 Å². The van der Waals surface area contributed by atoms with Crippen molar-refractivity contribution in [1.29, 1.82) is 0 Å². The number of aryl methyl sites for hydroxylation is 2. The lowest BCUT2D eigenvalue weighted by molar-refractivity contribution is 0.339. The number of aromatic nitrogens is 3. The third kappa shape index (κ3) is 3.53. The molecule has 2 aromatic heterocycles. The number of pyridine rings is 1. The van der Waals surface area contributed by atoms with E-state index in [0.717, 1.165) is 48.4 Å². The van der Waals surface area contributed by atoms with E-state index in [9.17, 15) is 0 Å². The SMILES string of the molecule is Cc1cnc2nc(CCC(CCN)C(C)C)[nH]c2c1. The number of rotatable bonds is 6. The summed E-state index contributed by atoms with van der Waals surface area (Å²) < 4.78 is 0. The van der Waals surface area contributed by atoms with Crippen LogP contribution in [0.15, 0.2) is 12.3 Å². The van der Waals surface area contributed by atoms with Gasteiger partial charge >= 0.3 is 0 Å². The first-order valence-electron chi connectivity index (χ1n) is 7.11. The molecular formula is C15H24N4. The molecule has 1 unspecified atom stereocenters. The van der Waals surface area contributed by atoms with Crippen molar-refractivity contribution >= 4 is 11.2 Å². The van der Waals surface area contributed by atoms with Crippen LogP contribution in [0.4, 0.5) is 0 Å². The molecule has 0 saturated carbocycles. The van der Waals surface area contributed by atoms with Crippen LogP contribution in [-0.2, 0) is 6.42 Å². The minimum absolute atomic E-state index is 0.674. The molecule has 4 heteroatoms. The largest absolute Gasteiger partial charge is 0.341 e. The zero-order chi connectivity index (χ0) is 13.8. The normalized spacial score (nSPS) is 13.3. The van der Waals surface area contributed by atoms with Gasteiger partial charge in [0.15, 0.2) is 5.65 Å². The molecule has 0 amide bonds. The van der Waals surface area contributed by atoms with E-state index in [-0.39, 0.29) is 0 Å².